The van der Waals surface area contributed by atoms with Gasteiger partial charge in [0.15, 0.2) is 0 Å². The van der Waals surface area contributed by atoms with Crippen LogP contribution in [0.1, 0.15) is 5.56 Å². The number of benzene rings is 1. The minimum absolute atomic E-state index is 0.328. The van der Waals surface area contributed by atoms with Crippen molar-refractivity contribution in [3.8, 4) is 0 Å². The molecule has 5 heteroatoms. The zero-order chi connectivity index (χ0) is 14.5. The molecular formula is C15H17N3O2. The smallest absolute Gasteiger partial charge is 0.332 e. The zero-order valence-corrected chi connectivity index (χ0v) is 11.4. The SMILES string of the molecule is C=CCn1c(NCc2ccccc2)cc(=O)n(C)c1=O. The van der Waals surface area contributed by atoms with Crippen molar-refractivity contribution in [2.24, 2.45) is 7.05 Å². The molecule has 0 unspecified atom stereocenters. The largest absolute Gasteiger partial charge is 0.367 e. The van der Waals surface area contributed by atoms with Gasteiger partial charge in [0, 0.05) is 26.2 Å². The third kappa shape index (κ3) is 2.88. The van der Waals surface area contributed by atoms with Crippen LogP contribution in [0, 0.1) is 0 Å². The Morgan fingerprint density at radius 1 is 1.25 bits per heavy atom. The summed E-state index contributed by atoms with van der Waals surface area (Å²) < 4.78 is 2.56. The first-order valence-corrected chi connectivity index (χ1v) is 6.33. The van der Waals surface area contributed by atoms with Crippen molar-refractivity contribution in [3.05, 3.63) is 75.5 Å². The highest BCUT2D eigenvalue weighted by Crippen LogP contribution is 2.05. The summed E-state index contributed by atoms with van der Waals surface area (Å²) in [4.78, 5) is 23.8. The molecule has 1 heterocycles. The Morgan fingerprint density at radius 3 is 2.60 bits per heavy atom. The monoisotopic (exact) mass is 271 g/mol. The zero-order valence-electron chi connectivity index (χ0n) is 11.4. The molecule has 2 rings (SSSR count). The fraction of sp³-hybridized carbons (Fsp3) is 0.200. The minimum Gasteiger partial charge on any atom is -0.367 e. The molecule has 0 aliphatic carbocycles. The number of anilines is 1. The topological polar surface area (TPSA) is 56.0 Å². The maximum Gasteiger partial charge on any atom is 0.332 e. The molecular weight excluding hydrogens is 254 g/mol. The molecule has 0 bridgehead atoms. The molecule has 104 valence electrons. The Hall–Kier alpha value is -2.56. The van der Waals surface area contributed by atoms with Crippen molar-refractivity contribution in [2.45, 2.75) is 13.1 Å². The Labute approximate surface area is 116 Å². The van der Waals surface area contributed by atoms with E-state index in [-0.39, 0.29) is 11.2 Å². The summed E-state index contributed by atoms with van der Waals surface area (Å²) in [6, 6.07) is 11.2. The van der Waals surface area contributed by atoms with E-state index < -0.39 is 0 Å². The number of nitrogens with zero attached hydrogens (tertiary/aromatic N) is 2. The van der Waals surface area contributed by atoms with E-state index in [2.05, 4.69) is 11.9 Å². The molecule has 5 nitrogen and oxygen atoms in total. The number of hydrogen-bond acceptors (Lipinski definition) is 3. The van der Waals surface area contributed by atoms with E-state index in [0.717, 1.165) is 10.1 Å². The molecule has 0 atom stereocenters. The summed E-state index contributed by atoms with van der Waals surface area (Å²) in [6.45, 7) is 4.53. The second kappa shape index (κ2) is 6.06. The van der Waals surface area contributed by atoms with E-state index in [9.17, 15) is 9.59 Å². The molecule has 0 spiro atoms. The summed E-state index contributed by atoms with van der Waals surface area (Å²) in [6.07, 6.45) is 1.62. The van der Waals surface area contributed by atoms with E-state index in [1.165, 1.54) is 17.7 Å². The van der Waals surface area contributed by atoms with Gasteiger partial charge in [-0.2, -0.15) is 0 Å². The van der Waals surface area contributed by atoms with Gasteiger partial charge < -0.3 is 5.32 Å². The van der Waals surface area contributed by atoms with Gasteiger partial charge in [-0.05, 0) is 5.56 Å². The second-order valence-electron chi connectivity index (χ2n) is 4.45. The van der Waals surface area contributed by atoms with Gasteiger partial charge in [0.05, 0.1) is 0 Å². The van der Waals surface area contributed by atoms with Crippen LogP contribution in [-0.4, -0.2) is 9.13 Å². The molecule has 0 saturated carbocycles. The minimum atomic E-state index is -0.354. The van der Waals surface area contributed by atoms with Crippen LogP contribution < -0.4 is 16.6 Å². The fourth-order valence-electron chi connectivity index (χ4n) is 1.91. The van der Waals surface area contributed by atoms with E-state index in [4.69, 9.17) is 0 Å². The first-order chi connectivity index (χ1) is 9.63. The molecule has 0 saturated heterocycles. The van der Waals surface area contributed by atoms with Crippen LogP contribution in [0.25, 0.3) is 0 Å². The second-order valence-corrected chi connectivity index (χ2v) is 4.45. The maximum atomic E-state index is 12.0. The number of nitrogens with one attached hydrogen (secondary N) is 1. The Balaban J connectivity index is 2.33. The molecule has 0 aliphatic rings. The number of aromatic nitrogens is 2. The molecule has 0 aliphatic heterocycles. The molecule has 20 heavy (non-hydrogen) atoms. The van der Waals surface area contributed by atoms with Crippen molar-refractivity contribution in [2.75, 3.05) is 5.32 Å². The van der Waals surface area contributed by atoms with Crippen LogP contribution in [0.3, 0.4) is 0 Å². The van der Waals surface area contributed by atoms with Gasteiger partial charge in [-0.3, -0.25) is 13.9 Å². The van der Waals surface area contributed by atoms with Crippen molar-refractivity contribution in [1.82, 2.24) is 9.13 Å². The van der Waals surface area contributed by atoms with Gasteiger partial charge in [-0.15, -0.1) is 6.58 Å². The van der Waals surface area contributed by atoms with E-state index in [1.807, 2.05) is 30.3 Å². The summed E-state index contributed by atoms with van der Waals surface area (Å²) in [5.41, 5.74) is 0.393. The standard InChI is InChI=1S/C15H17N3O2/c1-3-9-18-13(10-14(19)17(2)15(18)20)16-11-12-7-5-4-6-8-12/h3-8,10,16H,1,9,11H2,2H3. The quantitative estimate of drug-likeness (QED) is 0.835. The van der Waals surface area contributed by atoms with Crippen LogP contribution >= 0.6 is 0 Å². The molecule has 1 N–H and O–H groups in total. The van der Waals surface area contributed by atoms with Gasteiger partial charge in [-0.25, -0.2) is 4.79 Å². The van der Waals surface area contributed by atoms with Crippen molar-refractivity contribution in [3.63, 3.8) is 0 Å². The molecule has 1 aromatic carbocycles. The van der Waals surface area contributed by atoms with Crippen LogP contribution in [0.5, 0.6) is 0 Å². The lowest BCUT2D eigenvalue weighted by molar-refractivity contribution is 0.658. The summed E-state index contributed by atoms with van der Waals surface area (Å²) in [5, 5.41) is 3.13. The van der Waals surface area contributed by atoms with Crippen LogP contribution in [0.4, 0.5) is 5.82 Å². The van der Waals surface area contributed by atoms with Crippen molar-refractivity contribution in [1.29, 1.82) is 0 Å². The van der Waals surface area contributed by atoms with Crippen molar-refractivity contribution >= 4 is 5.82 Å². The van der Waals surface area contributed by atoms with Gasteiger partial charge in [0.2, 0.25) is 0 Å². The molecule has 0 radical (unpaired) electrons. The average Bonchev–Trinajstić information content (AvgIpc) is 2.47. The van der Waals surface area contributed by atoms with E-state index in [1.54, 1.807) is 6.08 Å². The highest BCUT2D eigenvalue weighted by Gasteiger charge is 2.07. The van der Waals surface area contributed by atoms with Crippen LogP contribution in [0.2, 0.25) is 0 Å². The lowest BCUT2D eigenvalue weighted by atomic mass is 10.2. The highest BCUT2D eigenvalue weighted by molar-refractivity contribution is 5.36. The third-order valence-electron chi connectivity index (χ3n) is 3.03. The number of hydrogen-bond donors (Lipinski definition) is 1. The maximum absolute atomic E-state index is 12.0. The number of rotatable bonds is 5. The number of allylic oxidation sites excluding steroid dienone is 1. The van der Waals surface area contributed by atoms with Gasteiger partial charge in [0.25, 0.3) is 5.56 Å². The normalized spacial score (nSPS) is 10.2. The first-order valence-electron chi connectivity index (χ1n) is 6.33. The third-order valence-corrected chi connectivity index (χ3v) is 3.03. The van der Waals surface area contributed by atoms with Gasteiger partial charge in [0.1, 0.15) is 5.82 Å². The predicted octanol–water partition coefficient (Wildman–Crippen LogP) is 1.35. The van der Waals surface area contributed by atoms with Crippen molar-refractivity contribution < 1.29 is 0 Å². The lowest BCUT2D eigenvalue weighted by Gasteiger charge is -2.14. The Bertz CT molecular complexity index is 714. The summed E-state index contributed by atoms with van der Waals surface area (Å²) >= 11 is 0. The molecule has 2 aromatic rings. The van der Waals surface area contributed by atoms with Gasteiger partial charge in [-0.1, -0.05) is 36.4 Å². The molecule has 1 aromatic heterocycles. The first kappa shape index (κ1) is 13.9. The predicted molar refractivity (Wildman–Crippen MR) is 79.9 cm³/mol. The summed E-state index contributed by atoms with van der Waals surface area (Å²) in [5.74, 6) is 0.502. The van der Waals surface area contributed by atoms with E-state index >= 15 is 0 Å². The fourth-order valence-corrected chi connectivity index (χ4v) is 1.91. The average molecular weight is 271 g/mol. The Kier molecular flexibility index (Phi) is 4.20. The molecule has 0 fully saturated rings. The molecule has 0 amide bonds. The van der Waals surface area contributed by atoms with E-state index in [0.29, 0.717) is 18.9 Å². The van der Waals surface area contributed by atoms with Crippen LogP contribution in [0.15, 0.2) is 58.6 Å². The van der Waals surface area contributed by atoms with Gasteiger partial charge >= 0.3 is 5.69 Å². The summed E-state index contributed by atoms with van der Waals surface area (Å²) in [7, 11) is 1.46. The van der Waals surface area contributed by atoms with Crippen LogP contribution in [-0.2, 0) is 20.1 Å². The highest BCUT2D eigenvalue weighted by atomic mass is 16.2. The Morgan fingerprint density at radius 2 is 1.95 bits per heavy atom. The lowest BCUT2D eigenvalue weighted by Crippen LogP contribution is -2.38.